The molecule has 2 unspecified atom stereocenters. The van der Waals surface area contributed by atoms with Crippen LogP contribution < -0.4 is 0 Å². The Morgan fingerprint density at radius 2 is 2.20 bits per heavy atom. The molecule has 2 rings (SSSR count). The monoisotopic (exact) mass is 307 g/mol. The Morgan fingerprint density at radius 3 is 2.70 bits per heavy atom. The number of carbonyl (C=O) groups is 1. The lowest BCUT2D eigenvalue weighted by Crippen LogP contribution is -2.21. The van der Waals surface area contributed by atoms with Crippen LogP contribution in [0.25, 0.3) is 0 Å². The zero-order valence-electron chi connectivity index (χ0n) is 10.3. The molecule has 2 atom stereocenters. The Balaban J connectivity index is 1.85. The van der Waals surface area contributed by atoms with Crippen molar-refractivity contribution in [3.63, 3.8) is 0 Å². The summed E-state index contributed by atoms with van der Waals surface area (Å²) in [5, 5.41) is 9.23. The van der Waals surface area contributed by atoms with Crippen LogP contribution in [-0.4, -0.2) is 34.0 Å². The van der Waals surface area contributed by atoms with Crippen molar-refractivity contribution in [3.8, 4) is 0 Å². The van der Waals surface area contributed by atoms with Gasteiger partial charge in [0.05, 0.1) is 16.7 Å². The zero-order valence-corrected chi connectivity index (χ0v) is 11.1. The average molecular weight is 307 g/mol. The van der Waals surface area contributed by atoms with Crippen molar-refractivity contribution in [1.82, 2.24) is 4.98 Å². The number of aromatic nitrogens is 1. The normalized spacial score (nSPS) is 22.9. The number of carboxylic acid groups (broad SMARTS) is 1. The van der Waals surface area contributed by atoms with E-state index in [-0.39, 0.29) is 6.10 Å². The number of carboxylic acids is 1. The molecule has 0 aliphatic carbocycles. The van der Waals surface area contributed by atoms with E-state index in [9.17, 15) is 18.0 Å². The molecular weight excluding hydrogens is 295 g/mol. The highest BCUT2D eigenvalue weighted by atomic mass is 32.2. The van der Waals surface area contributed by atoms with Crippen molar-refractivity contribution in [2.75, 3.05) is 5.75 Å². The molecule has 1 aromatic heterocycles. The van der Waals surface area contributed by atoms with Gasteiger partial charge in [0.25, 0.3) is 0 Å². The number of ether oxygens (including phenoxy) is 1. The minimum absolute atomic E-state index is 0.204. The van der Waals surface area contributed by atoms with E-state index < -0.39 is 23.8 Å². The molecule has 1 aliphatic heterocycles. The summed E-state index contributed by atoms with van der Waals surface area (Å²) in [4.78, 5) is 14.4. The molecule has 0 saturated carbocycles. The van der Waals surface area contributed by atoms with Crippen LogP contribution in [0, 0.1) is 0 Å². The van der Waals surface area contributed by atoms with Crippen LogP contribution in [0.15, 0.2) is 23.4 Å². The van der Waals surface area contributed by atoms with Gasteiger partial charge in [-0.25, -0.2) is 9.78 Å². The molecule has 0 bridgehead atoms. The van der Waals surface area contributed by atoms with E-state index in [0.29, 0.717) is 23.6 Å². The molecule has 1 fully saturated rings. The number of thioether (sulfide) groups is 1. The highest BCUT2D eigenvalue weighted by Crippen LogP contribution is 2.30. The fraction of sp³-hybridized carbons (Fsp3) is 0.500. The van der Waals surface area contributed by atoms with Gasteiger partial charge < -0.3 is 9.84 Å². The first kappa shape index (κ1) is 15.1. The number of hydrogen-bond donors (Lipinski definition) is 1. The summed E-state index contributed by atoms with van der Waals surface area (Å²) in [7, 11) is 0. The highest BCUT2D eigenvalue weighted by Gasteiger charge is 2.31. The van der Waals surface area contributed by atoms with Gasteiger partial charge in [-0.2, -0.15) is 13.2 Å². The smallest absolute Gasteiger partial charge is 0.417 e. The fourth-order valence-corrected chi connectivity index (χ4v) is 2.72. The van der Waals surface area contributed by atoms with E-state index in [0.717, 1.165) is 12.3 Å². The summed E-state index contributed by atoms with van der Waals surface area (Å²) >= 11 is 1.25. The Hall–Kier alpha value is -1.28. The summed E-state index contributed by atoms with van der Waals surface area (Å²) in [6.07, 6.45) is -3.49. The van der Waals surface area contributed by atoms with Crippen LogP contribution >= 0.6 is 11.8 Å². The van der Waals surface area contributed by atoms with Gasteiger partial charge in [0, 0.05) is 11.9 Å². The lowest BCUT2D eigenvalue weighted by atomic mass is 10.2. The minimum Gasteiger partial charge on any atom is -0.479 e. The number of pyridine rings is 1. The lowest BCUT2D eigenvalue weighted by Gasteiger charge is -2.11. The van der Waals surface area contributed by atoms with Crippen LogP contribution in [0.5, 0.6) is 0 Å². The van der Waals surface area contributed by atoms with Gasteiger partial charge in [0.2, 0.25) is 0 Å². The van der Waals surface area contributed by atoms with Crippen molar-refractivity contribution in [2.24, 2.45) is 0 Å². The molecule has 1 aromatic rings. The van der Waals surface area contributed by atoms with Gasteiger partial charge in [0.1, 0.15) is 0 Å². The van der Waals surface area contributed by atoms with Gasteiger partial charge in [-0.3, -0.25) is 0 Å². The number of aliphatic carboxylic acids is 1. The zero-order chi connectivity index (χ0) is 14.8. The molecule has 0 amide bonds. The summed E-state index contributed by atoms with van der Waals surface area (Å²) in [6.45, 7) is 0. The summed E-state index contributed by atoms with van der Waals surface area (Å²) < 4.78 is 42.3. The van der Waals surface area contributed by atoms with Gasteiger partial charge in [-0.15, -0.1) is 11.8 Å². The molecule has 110 valence electrons. The first-order valence-electron chi connectivity index (χ1n) is 5.90. The van der Waals surface area contributed by atoms with Crippen molar-refractivity contribution in [1.29, 1.82) is 0 Å². The van der Waals surface area contributed by atoms with E-state index in [1.54, 1.807) is 0 Å². The van der Waals surface area contributed by atoms with Crippen LogP contribution in [0.2, 0.25) is 0 Å². The number of hydrogen-bond acceptors (Lipinski definition) is 4. The number of halogens is 3. The molecular formula is C12H12F3NO3S. The summed E-state index contributed by atoms with van der Waals surface area (Å²) in [5.41, 5.74) is -0.787. The van der Waals surface area contributed by atoms with E-state index in [1.165, 1.54) is 17.8 Å². The Morgan fingerprint density at radius 1 is 1.45 bits per heavy atom. The van der Waals surface area contributed by atoms with Crippen LogP contribution in [-0.2, 0) is 15.7 Å². The van der Waals surface area contributed by atoms with Gasteiger partial charge in [0.15, 0.2) is 6.10 Å². The second-order valence-electron chi connectivity index (χ2n) is 4.36. The van der Waals surface area contributed by atoms with Crippen LogP contribution in [0.1, 0.15) is 18.4 Å². The third-order valence-corrected chi connectivity index (χ3v) is 3.94. The SMILES string of the molecule is O=C(O)C1CCC(CSc2ccc(C(F)(F)F)cn2)O1. The van der Waals surface area contributed by atoms with Crippen LogP contribution in [0.4, 0.5) is 13.2 Å². The first-order chi connectivity index (χ1) is 9.36. The first-order valence-corrected chi connectivity index (χ1v) is 6.89. The molecule has 1 saturated heterocycles. The molecule has 0 aromatic carbocycles. The third-order valence-electron chi connectivity index (χ3n) is 2.86. The number of nitrogens with zero attached hydrogens (tertiary/aromatic N) is 1. The maximum Gasteiger partial charge on any atom is 0.417 e. The van der Waals surface area contributed by atoms with E-state index in [1.807, 2.05) is 0 Å². The maximum atomic E-state index is 12.3. The maximum absolute atomic E-state index is 12.3. The second-order valence-corrected chi connectivity index (χ2v) is 5.40. The van der Waals surface area contributed by atoms with E-state index >= 15 is 0 Å². The van der Waals surface area contributed by atoms with Gasteiger partial charge in [-0.1, -0.05) is 0 Å². The molecule has 20 heavy (non-hydrogen) atoms. The molecule has 0 radical (unpaired) electrons. The molecule has 8 heteroatoms. The predicted molar refractivity (Wildman–Crippen MR) is 65.5 cm³/mol. The van der Waals surface area contributed by atoms with E-state index in [2.05, 4.69) is 4.98 Å². The molecule has 1 aliphatic rings. The van der Waals surface area contributed by atoms with Crippen LogP contribution in [0.3, 0.4) is 0 Å². The third kappa shape index (κ3) is 3.86. The minimum atomic E-state index is -4.39. The predicted octanol–water partition coefficient (Wildman–Crippen LogP) is 2.82. The average Bonchev–Trinajstić information content (AvgIpc) is 2.85. The topological polar surface area (TPSA) is 59.4 Å². The Labute approximate surface area is 117 Å². The quantitative estimate of drug-likeness (QED) is 0.867. The van der Waals surface area contributed by atoms with Gasteiger partial charge in [-0.05, 0) is 25.0 Å². The largest absolute Gasteiger partial charge is 0.479 e. The number of rotatable bonds is 4. The Kier molecular flexibility index (Phi) is 4.54. The van der Waals surface area contributed by atoms with Crippen molar-refractivity contribution < 1.29 is 27.8 Å². The van der Waals surface area contributed by atoms with Crippen molar-refractivity contribution in [2.45, 2.75) is 36.3 Å². The van der Waals surface area contributed by atoms with Crippen molar-refractivity contribution >= 4 is 17.7 Å². The molecule has 2 heterocycles. The molecule has 1 N–H and O–H groups in total. The molecule has 0 spiro atoms. The highest BCUT2D eigenvalue weighted by molar-refractivity contribution is 7.99. The van der Waals surface area contributed by atoms with Gasteiger partial charge >= 0.3 is 12.1 Å². The summed E-state index contributed by atoms with van der Waals surface area (Å²) in [6, 6.07) is 2.28. The summed E-state index contributed by atoms with van der Waals surface area (Å²) in [5.74, 6) is -0.507. The second kappa shape index (κ2) is 6.01. The number of alkyl halides is 3. The standard InChI is InChI=1S/C12H12F3NO3S/c13-12(14,15)7-1-4-10(16-5-7)20-6-8-2-3-9(19-8)11(17)18/h1,4-5,8-9H,2-3,6H2,(H,17,18). The van der Waals surface area contributed by atoms with E-state index in [4.69, 9.17) is 9.84 Å². The Bertz CT molecular complexity index is 478. The molecule has 4 nitrogen and oxygen atoms in total. The fourth-order valence-electron chi connectivity index (χ4n) is 1.82. The van der Waals surface area contributed by atoms with Crippen molar-refractivity contribution in [3.05, 3.63) is 23.9 Å². The lowest BCUT2D eigenvalue weighted by molar-refractivity contribution is -0.148.